The Labute approximate surface area is 161 Å². The van der Waals surface area contributed by atoms with E-state index in [-0.39, 0.29) is 31.8 Å². The van der Waals surface area contributed by atoms with Gasteiger partial charge in [-0.15, -0.1) is 12.4 Å². The lowest BCUT2D eigenvalue weighted by molar-refractivity contribution is -0.124. The van der Waals surface area contributed by atoms with Crippen LogP contribution in [0.25, 0.3) is 0 Å². The molecule has 0 saturated carbocycles. The molecule has 0 bridgehead atoms. The van der Waals surface area contributed by atoms with E-state index in [1.165, 1.54) is 0 Å². The Hall–Kier alpha value is -1.51. The second-order valence-electron chi connectivity index (χ2n) is 6.12. The highest BCUT2D eigenvalue weighted by molar-refractivity contribution is 7.92. The first kappa shape index (κ1) is 22.5. The molecule has 1 aliphatic heterocycles. The molecule has 1 aromatic rings. The van der Waals surface area contributed by atoms with Crippen molar-refractivity contribution < 1.29 is 22.7 Å². The monoisotopic (exact) mass is 406 g/mol. The Balaban J connectivity index is 0.00000338. The number of methoxy groups -OCH3 is 1. The van der Waals surface area contributed by atoms with Crippen molar-refractivity contribution in [2.45, 2.75) is 31.1 Å². The molecule has 0 radical (unpaired) electrons. The first-order valence-corrected chi connectivity index (χ1v) is 10.2. The van der Waals surface area contributed by atoms with Gasteiger partial charge in [0.2, 0.25) is 5.91 Å². The molecule has 1 aromatic carbocycles. The van der Waals surface area contributed by atoms with Gasteiger partial charge in [-0.2, -0.15) is 0 Å². The molecular formula is C17H27ClN2O5S. The minimum Gasteiger partial charge on any atom is -0.493 e. The van der Waals surface area contributed by atoms with Gasteiger partial charge in [0.15, 0.2) is 26.1 Å². The molecule has 148 valence electrons. The average Bonchev–Trinajstić information content (AvgIpc) is 2.59. The summed E-state index contributed by atoms with van der Waals surface area (Å²) in [6.45, 7) is 3.62. The van der Waals surface area contributed by atoms with Crippen molar-refractivity contribution in [3.8, 4) is 11.5 Å². The van der Waals surface area contributed by atoms with E-state index in [4.69, 9.17) is 9.47 Å². The van der Waals surface area contributed by atoms with Crippen molar-refractivity contribution in [3.05, 3.63) is 23.8 Å². The molecule has 0 aliphatic carbocycles. The van der Waals surface area contributed by atoms with Crippen LogP contribution in [0.4, 0.5) is 0 Å². The van der Waals surface area contributed by atoms with E-state index >= 15 is 0 Å². The Morgan fingerprint density at radius 2 is 1.92 bits per heavy atom. The quantitative estimate of drug-likeness (QED) is 0.708. The molecule has 1 heterocycles. The predicted octanol–water partition coefficient (Wildman–Crippen LogP) is 1.30. The number of piperidine rings is 1. The van der Waals surface area contributed by atoms with Gasteiger partial charge >= 0.3 is 0 Å². The van der Waals surface area contributed by atoms with Crippen LogP contribution in [0, 0.1) is 0 Å². The van der Waals surface area contributed by atoms with Gasteiger partial charge in [0.1, 0.15) is 0 Å². The van der Waals surface area contributed by atoms with Crippen LogP contribution in [0.1, 0.15) is 25.3 Å². The summed E-state index contributed by atoms with van der Waals surface area (Å²) in [5.74, 6) is 0.768. The SMILES string of the molecule is CCOc1cc(CNC(=O)C2(S(C)(=O)=O)CCNCC2)ccc1OC.Cl. The van der Waals surface area contributed by atoms with Crippen LogP contribution in [-0.4, -0.2) is 52.1 Å². The van der Waals surface area contributed by atoms with Gasteiger partial charge < -0.3 is 20.1 Å². The van der Waals surface area contributed by atoms with E-state index in [0.29, 0.717) is 31.2 Å². The smallest absolute Gasteiger partial charge is 0.241 e. The van der Waals surface area contributed by atoms with Gasteiger partial charge in [-0.25, -0.2) is 8.42 Å². The lowest BCUT2D eigenvalue weighted by atomic mass is 9.95. The van der Waals surface area contributed by atoms with Crippen LogP contribution in [0.5, 0.6) is 11.5 Å². The number of hydrogen-bond donors (Lipinski definition) is 2. The van der Waals surface area contributed by atoms with Crippen LogP contribution in [0.15, 0.2) is 18.2 Å². The summed E-state index contributed by atoms with van der Waals surface area (Å²) in [6.07, 6.45) is 1.70. The Kier molecular flexibility index (Phi) is 8.17. The van der Waals surface area contributed by atoms with E-state index in [9.17, 15) is 13.2 Å². The highest BCUT2D eigenvalue weighted by Crippen LogP contribution is 2.30. The molecule has 1 amide bonds. The number of rotatable bonds is 7. The summed E-state index contributed by atoms with van der Waals surface area (Å²) in [5, 5.41) is 5.88. The second-order valence-corrected chi connectivity index (χ2v) is 8.44. The maximum Gasteiger partial charge on any atom is 0.241 e. The number of hydrogen-bond acceptors (Lipinski definition) is 6. The van der Waals surface area contributed by atoms with Crippen LogP contribution >= 0.6 is 12.4 Å². The number of nitrogens with one attached hydrogen (secondary N) is 2. The Morgan fingerprint density at radius 1 is 1.27 bits per heavy atom. The van der Waals surface area contributed by atoms with E-state index in [1.807, 2.05) is 13.0 Å². The van der Waals surface area contributed by atoms with E-state index < -0.39 is 20.5 Å². The van der Waals surface area contributed by atoms with Gasteiger partial charge in [-0.1, -0.05) is 6.07 Å². The molecule has 2 rings (SSSR count). The Morgan fingerprint density at radius 3 is 2.46 bits per heavy atom. The summed E-state index contributed by atoms with van der Waals surface area (Å²) in [5.41, 5.74) is 0.815. The third kappa shape index (κ3) is 4.81. The zero-order chi connectivity index (χ0) is 18.5. The molecule has 1 saturated heterocycles. The lowest BCUT2D eigenvalue weighted by Crippen LogP contribution is -2.57. The molecule has 26 heavy (non-hydrogen) atoms. The Bertz CT molecular complexity index is 718. The van der Waals surface area contributed by atoms with Gasteiger partial charge in [-0.05, 0) is 50.6 Å². The third-order valence-electron chi connectivity index (χ3n) is 4.52. The predicted molar refractivity (Wildman–Crippen MR) is 103 cm³/mol. The van der Waals surface area contributed by atoms with E-state index in [0.717, 1.165) is 11.8 Å². The van der Waals surface area contributed by atoms with Crippen molar-refractivity contribution in [2.24, 2.45) is 0 Å². The zero-order valence-electron chi connectivity index (χ0n) is 15.3. The number of amides is 1. The molecule has 1 fully saturated rings. The minimum atomic E-state index is -3.52. The fourth-order valence-corrected chi connectivity index (χ4v) is 4.39. The summed E-state index contributed by atoms with van der Waals surface area (Å²) in [7, 11) is -1.95. The number of carbonyl (C=O) groups excluding carboxylic acids is 1. The summed E-state index contributed by atoms with van der Waals surface area (Å²) in [4.78, 5) is 12.7. The maximum absolute atomic E-state index is 12.7. The van der Waals surface area contributed by atoms with Crippen LogP contribution in [0.2, 0.25) is 0 Å². The molecule has 1 aliphatic rings. The summed E-state index contributed by atoms with van der Waals surface area (Å²) >= 11 is 0. The van der Waals surface area contributed by atoms with Crippen LogP contribution in [0.3, 0.4) is 0 Å². The first-order chi connectivity index (χ1) is 11.8. The summed E-state index contributed by atoms with van der Waals surface area (Å²) in [6, 6.07) is 5.37. The van der Waals surface area contributed by atoms with Crippen LogP contribution in [-0.2, 0) is 21.2 Å². The molecule has 2 N–H and O–H groups in total. The number of carbonyl (C=O) groups is 1. The highest BCUT2D eigenvalue weighted by atomic mass is 35.5. The number of halogens is 1. The summed E-state index contributed by atoms with van der Waals surface area (Å²) < 4.78 is 33.9. The van der Waals surface area contributed by atoms with Crippen molar-refractivity contribution >= 4 is 28.2 Å². The highest BCUT2D eigenvalue weighted by Gasteiger charge is 2.48. The molecule has 0 unspecified atom stereocenters. The number of sulfone groups is 1. The normalized spacial score (nSPS) is 16.3. The largest absolute Gasteiger partial charge is 0.493 e. The number of ether oxygens (including phenoxy) is 2. The topological polar surface area (TPSA) is 93.7 Å². The van der Waals surface area contributed by atoms with Crippen molar-refractivity contribution in [2.75, 3.05) is 33.1 Å². The minimum absolute atomic E-state index is 0. The fraction of sp³-hybridized carbons (Fsp3) is 0.588. The van der Waals surface area contributed by atoms with E-state index in [2.05, 4.69) is 10.6 Å². The third-order valence-corrected chi connectivity index (χ3v) is 6.53. The zero-order valence-corrected chi connectivity index (χ0v) is 17.0. The average molecular weight is 407 g/mol. The molecule has 0 atom stereocenters. The lowest BCUT2D eigenvalue weighted by Gasteiger charge is -2.34. The van der Waals surface area contributed by atoms with Crippen molar-refractivity contribution in [1.82, 2.24) is 10.6 Å². The molecule has 9 heteroatoms. The van der Waals surface area contributed by atoms with Gasteiger partial charge in [0, 0.05) is 12.8 Å². The molecule has 7 nitrogen and oxygen atoms in total. The van der Waals surface area contributed by atoms with Gasteiger partial charge in [0.25, 0.3) is 0 Å². The van der Waals surface area contributed by atoms with E-state index in [1.54, 1.807) is 19.2 Å². The van der Waals surface area contributed by atoms with Gasteiger partial charge in [-0.3, -0.25) is 4.79 Å². The maximum atomic E-state index is 12.7. The van der Waals surface area contributed by atoms with Crippen molar-refractivity contribution in [1.29, 1.82) is 0 Å². The molecule has 0 spiro atoms. The fourth-order valence-electron chi connectivity index (χ4n) is 3.04. The molecular weight excluding hydrogens is 380 g/mol. The van der Waals surface area contributed by atoms with Crippen LogP contribution < -0.4 is 20.1 Å². The first-order valence-electron chi connectivity index (χ1n) is 8.32. The number of benzene rings is 1. The second kappa shape index (κ2) is 9.43. The van der Waals surface area contributed by atoms with Crippen molar-refractivity contribution in [3.63, 3.8) is 0 Å². The van der Waals surface area contributed by atoms with Gasteiger partial charge in [0.05, 0.1) is 13.7 Å². The standard InChI is InChI=1S/C17H26N2O5S.ClH/c1-4-24-15-11-13(5-6-14(15)23-2)12-19-16(20)17(25(3,21)22)7-9-18-10-8-17;/h5-6,11,18H,4,7-10,12H2,1-3H3,(H,19,20);1H. The molecule has 0 aromatic heterocycles.